The van der Waals surface area contributed by atoms with Gasteiger partial charge in [-0.25, -0.2) is 0 Å². The number of aliphatic hydroxyl groups is 2. The molecular formula is C9H19NO4. The molecule has 84 valence electrons. The molecule has 0 bridgehead atoms. The summed E-state index contributed by atoms with van der Waals surface area (Å²) in [6.07, 6.45) is -0.238. The Morgan fingerprint density at radius 1 is 1.57 bits per heavy atom. The summed E-state index contributed by atoms with van der Waals surface area (Å²) in [5.41, 5.74) is 0. The third-order valence-corrected chi connectivity index (χ3v) is 2.29. The summed E-state index contributed by atoms with van der Waals surface area (Å²) >= 11 is 0. The monoisotopic (exact) mass is 205 g/mol. The average Bonchev–Trinajstić information content (AvgIpc) is 2.52. The summed E-state index contributed by atoms with van der Waals surface area (Å²) in [7, 11) is 1.56. The first kappa shape index (κ1) is 11.9. The number of aliphatic hydroxyl groups excluding tert-OH is 2. The topological polar surface area (TPSA) is 71.0 Å². The van der Waals surface area contributed by atoms with Gasteiger partial charge in [0.2, 0.25) is 0 Å². The van der Waals surface area contributed by atoms with Crippen LogP contribution in [-0.2, 0) is 9.47 Å². The van der Waals surface area contributed by atoms with Crippen LogP contribution in [0.15, 0.2) is 0 Å². The molecule has 0 radical (unpaired) electrons. The Balaban J connectivity index is 2.03. The zero-order chi connectivity index (χ0) is 10.4. The van der Waals surface area contributed by atoms with Gasteiger partial charge in [-0.2, -0.15) is 0 Å². The van der Waals surface area contributed by atoms with Crippen molar-refractivity contribution in [3.8, 4) is 0 Å². The van der Waals surface area contributed by atoms with Gasteiger partial charge in [0.1, 0.15) is 0 Å². The van der Waals surface area contributed by atoms with Gasteiger partial charge in [-0.1, -0.05) is 0 Å². The van der Waals surface area contributed by atoms with Gasteiger partial charge < -0.3 is 25.0 Å². The highest BCUT2D eigenvalue weighted by Crippen LogP contribution is 2.04. The normalized spacial score (nSPS) is 29.4. The lowest BCUT2D eigenvalue weighted by atomic mass is 10.2. The number of hydrogen-bond acceptors (Lipinski definition) is 5. The van der Waals surface area contributed by atoms with Crippen LogP contribution in [0.3, 0.4) is 0 Å². The van der Waals surface area contributed by atoms with Gasteiger partial charge in [0, 0.05) is 7.11 Å². The van der Waals surface area contributed by atoms with E-state index in [1.165, 1.54) is 0 Å². The number of ether oxygens (including phenoxy) is 2. The van der Waals surface area contributed by atoms with Crippen molar-refractivity contribution < 1.29 is 19.7 Å². The second-order valence-corrected chi connectivity index (χ2v) is 3.56. The Morgan fingerprint density at radius 3 is 2.93 bits per heavy atom. The van der Waals surface area contributed by atoms with Gasteiger partial charge in [-0.3, -0.25) is 0 Å². The minimum Gasteiger partial charge on any atom is -0.391 e. The van der Waals surface area contributed by atoms with Crippen LogP contribution in [-0.4, -0.2) is 61.9 Å². The van der Waals surface area contributed by atoms with Crippen LogP contribution in [0.1, 0.15) is 6.42 Å². The highest BCUT2D eigenvalue weighted by atomic mass is 16.5. The highest BCUT2D eigenvalue weighted by molar-refractivity contribution is 4.80. The first-order chi connectivity index (χ1) is 6.74. The maximum absolute atomic E-state index is 9.38. The first-order valence-corrected chi connectivity index (χ1v) is 4.90. The van der Waals surface area contributed by atoms with E-state index < -0.39 is 12.2 Å². The van der Waals surface area contributed by atoms with Crippen LogP contribution in [0.4, 0.5) is 0 Å². The number of rotatable bonds is 6. The Bertz CT molecular complexity index is 156. The molecule has 5 heteroatoms. The van der Waals surface area contributed by atoms with Gasteiger partial charge >= 0.3 is 0 Å². The molecule has 0 saturated carbocycles. The minimum absolute atomic E-state index is 0.00439. The molecule has 0 spiro atoms. The molecule has 1 rings (SSSR count). The molecule has 1 fully saturated rings. The van der Waals surface area contributed by atoms with Crippen molar-refractivity contribution in [2.45, 2.75) is 24.7 Å². The smallest absolute Gasteiger partial charge is 0.0948 e. The molecule has 3 N–H and O–H groups in total. The molecule has 1 aliphatic rings. The third kappa shape index (κ3) is 3.89. The molecule has 1 aliphatic heterocycles. The third-order valence-electron chi connectivity index (χ3n) is 2.29. The van der Waals surface area contributed by atoms with Crippen LogP contribution in [0, 0.1) is 0 Å². The van der Waals surface area contributed by atoms with Gasteiger partial charge in [-0.05, 0) is 13.0 Å². The predicted octanol–water partition coefficient (Wildman–Crippen LogP) is -1.27. The van der Waals surface area contributed by atoms with Gasteiger partial charge in [0.15, 0.2) is 0 Å². The molecule has 0 aliphatic carbocycles. The van der Waals surface area contributed by atoms with Gasteiger partial charge in [0.25, 0.3) is 0 Å². The minimum atomic E-state index is -0.438. The molecule has 1 saturated heterocycles. The highest BCUT2D eigenvalue weighted by Gasteiger charge is 2.25. The number of methoxy groups -OCH3 is 1. The van der Waals surface area contributed by atoms with Crippen molar-refractivity contribution in [3.63, 3.8) is 0 Å². The van der Waals surface area contributed by atoms with Crippen molar-refractivity contribution in [1.82, 2.24) is 5.32 Å². The lowest BCUT2D eigenvalue weighted by Crippen LogP contribution is -2.40. The van der Waals surface area contributed by atoms with Gasteiger partial charge in [-0.15, -0.1) is 0 Å². The zero-order valence-corrected chi connectivity index (χ0v) is 8.48. The second kappa shape index (κ2) is 6.31. The van der Waals surface area contributed by atoms with E-state index in [1.807, 2.05) is 0 Å². The molecule has 0 aromatic carbocycles. The van der Waals surface area contributed by atoms with Crippen molar-refractivity contribution in [3.05, 3.63) is 0 Å². The lowest BCUT2D eigenvalue weighted by molar-refractivity contribution is 0.0579. The van der Waals surface area contributed by atoms with Crippen molar-refractivity contribution in [2.75, 3.05) is 33.5 Å². The lowest BCUT2D eigenvalue weighted by Gasteiger charge is -2.15. The number of hydrogen-bond donors (Lipinski definition) is 3. The summed E-state index contributed by atoms with van der Waals surface area (Å²) in [4.78, 5) is 0. The maximum atomic E-state index is 9.38. The second-order valence-electron chi connectivity index (χ2n) is 3.56. The standard InChI is InChI=1S/C9H19NO4/c1-13-4-7(11)2-3-10-8-5-14-6-9(8)12/h7-12H,2-6H2,1H3. The molecule has 3 atom stereocenters. The average molecular weight is 205 g/mol. The summed E-state index contributed by atoms with van der Waals surface area (Å²) < 4.78 is 9.87. The number of nitrogens with one attached hydrogen (secondary N) is 1. The Morgan fingerprint density at radius 2 is 2.36 bits per heavy atom. The fourth-order valence-corrected chi connectivity index (χ4v) is 1.45. The summed E-state index contributed by atoms with van der Waals surface area (Å²) in [5, 5.41) is 21.8. The summed E-state index contributed by atoms with van der Waals surface area (Å²) in [6, 6.07) is 0.00439. The molecule has 5 nitrogen and oxygen atoms in total. The van der Waals surface area contributed by atoms with Crippen LogP contribution >= 0.6 is 0 Å². The van der Waals surface area contributed by atoms with E-state index in [0.29, 0.717) is 32.8 Å². The molecule has 0 aromatic rings. The summed E-state index contributed by atoms with van der Waals surface area (Å²) in [5.74, 6) is 0. The van der Waals surface area contributed by atoms with Crippen LogP contribution in [0.5, 0.6) is 0 Å². The van der Waals surface area contributed by atoms with E-state index in [-0.39, 0.29) is 6.04 Å². The van der Waals surface area contributed by atoms with E-state index in [2.05, 4.69) is 5.32 Å². The Kier molecular flexibility index (Phi) is 5.36. The maximum Gasteiger partial charge on any atom is 0.0948 e. The van der Waals surface area contributed by atoms with E-state index in [9.17, 15) is 10.2 Å². The van der Waals surface area contributed by atoms with E-state index in [1.54, 1.807) is 7.11 Å². The fraction of sp³-hybridized carbons (Fsp3) is 1.00. The van der Waals surface area contributed by atoms with Crippen LogP contribution < -0.4 is 5.32 Å². The van der Waals surface area contributed by atoms with Crippen molar-refractivity contribution in [2.24, 2.45) is 0 Å². The first-order valence-electron chi connectivity index (χ1n) is 4.90. The SMILES string of the molecule is COCC(O)CCNC1COCC1O. The van der Waals surface area contributed by atoms with E-state index in [0.717, 1.165) is 0 Å². The fourth-order valence-electron chi connectivity index (χ4n) is 1.45. The molecule has 0 aromatic heterocycles. The molecule has 0 amide bonds. The largest absolute Gasteiger partial charge is 0.391 e. The predicted molar refractivity (Wildman–Crippen MR) is 51.1 cm³/mol. The van der Waals surface area contributed by atoms with Crippen LogP contribution in [0.2, 0.25) is 0 Å². The zero-order valence-electron chi connectivity index (χ0n) is 8.48. The Labute approximate surface area is 84.0 Å². The van der Waals surface area contributed by atoms with Gasteiger partial charge in [0.05, 0.1) is 38.1 Å². The Hall–Kier alpha value is -0.200. The quantitative estimate of drug-likeness (QED) is 0.504. The molecule has 3 unspecified atom stereocenters. The van der Waals surface area contributed by atoms with E-state index >= 15 is 0 Å². The summed E-state index contributed by atoms with van der Waals surface area (Å²) in [6.45, 7) is 1.96. The molecule has 14 heavy (non-hydrogen) atoms. The van der Waals surface area contributed by atoms with E-state index in [4.69, 9.17) is 9.47 Å². The van der Waals surface area contributed by atoms with Crippen molar-refractivity contribution in [1.29, 1.82) is 0 Å². The van der Waals surface area contributed by atoms with Crippen molar-refractivity contribution >= 4 is 0 Å². The van der Waals surface area contributed by atoms with Crippen LogP contribution in [0.25, 0.3) is 0 Å². The molecular weight excluding hydrogens is 186 g/mol. The molecule has 1 heterocycles.